The Bertz CT molecular complexity index is 1680. The first kappa shape index (κ1) is 21.8. The maximum atomic E-state index is 7.23. The Morgan fingerprint density at radius 2 is 1.43 bits per heavy atom. The lowest BCUT2D eigenvalue weighted by Gasteiger charge is -2.38. The lowest BCUT2D eigenvalue weighted by Crippen LogP contribution is -2.34. The molecule has 0 fully saturated rings. The molecule has 0 spiro atoms. The lowest BCUT2D eigenvalue weighted by atomic mass is 9.77. The molecule has 2 aliphatic rings. The van der Waals surface area contributed by atoms with Gasteiger partial charge in [-0.3, -0.25) is 0 Å². The number of nitrogen functional groups attached to an aromatic ring is 1. The van der Waals surface area contributed by atoms with E-state index < -0.39 is 5.60 Å². The Morgan fingerprint density at radius 1 is 0.757 bits per heavy atom. The van der Waals surface area contributed by atoms with Crippen molar-refractivity contribution in [2.75, 3.05) is 12.8 Å². The Morgan fingerprint density at radius 3 is 2.19 bits per heavy atom. The van der Waals surface area contributed by atoms with Crippen molar-refractivity contribution < 1.29 is 9.47 Å². The molecule has 180 valence electrons. The molecule has 0 saturated carbocycles. The maximum Gasteiger partial charge on any atom is 0.178 e. The van der Waals surface area contributed by atoms with E-state index in [2.05, 4.69) is 84.9 Å². The van der Waals surface area contributed by atoms with E-state index in [-0.39, 0.29) is 0 Å². The quantitative estimate of drug-likeness (QED) is 0.271. The maximum absolute atomic E-state index is 7.23. The minimum absolute atomic E-state index is 0.727. The van der Waals surface area contributed by atoms with Gasteiger partial charge in [0.05, 0.1) is 7.11 Å². The van der Waals surface area contributed by atoms with Gasteiger partial charge >= 0.3 is 0 Å². The van der Waals surface area contributed by atoms with E-state index in [1.54, 1.807) is 7.11 Å². The van der Waals surface area contributed by atoms with Gasteiger partial charge in [-0.2, -0.15) is 0 Å². The molecule has 1 aliphatic heterocycles. The molecule has 2 N–H and O–H groups in total. The minimum atomic E-state index is -0.807. The normalized spacial score (nSPS) is 17.4. The van der Waals surface area contributed by atoms with E-state index >= 15 is 0 Å². The molecule has 1 heterocycles. The second kappa shape index (κ2) is 8.28. The van der Waals surface area contributed by atoms with Crippen LogP contribution in [0.15, 0.2) is 103 Å². The number of hydrogen-bond acceptors (Lipinski definition) is 3. The first-order valence-electron chi connectivity index (χ1n) is 12.7. The van der Waals surface area contributed by atoms with Gasteiger partial charge in [-0.1, -0.05) is 72.8 Å². The zero-order valence-electron chi connectivity index (χ0n) is 20.7. The van der Waals surface area contributed by atoms with Crippen molar-refractivity contribution in [1.82, 2.24) is 0 Å². The van der Waals surface area contributed by atoms with Gasteiger partial charge in [-0.25, -0.2) is 0 Å². The third-order valence-corrected chi connectivity index (χ3v) is 7.85. The Balaban J connectivity index is 1.52. The number of aryl methyl sites for hydroxylation is 2. The molecule has 7 rings (SSSR count). The van der Waals surface area contributed by atoms with Crippen LogP contribution in [0.2, 0.25) is 0 Å². The van der Waals surface area contributed by atoms with Crippen molar-refractivity contribution in [3.8, 4) is 22.6 Å². The third kappa shape index (κ3) is 3.27. The van der Waals surface area contributed by atoms with Gasteiger partial charge in [-0.05, 0) is 76.9 Å². The van der Waals surface area contributed by atoms with Gasteiger partial charge in [0, 0.05) is 27.8 Å². The van der Waals surface area contributed by atoms with Crippen LogP contribution < -0.4 is 15.2 Å². The summed E-state index contributed by atoms with van der Waals surface area (Å²) in [6.45, 7) is 0. The number of rotatable bonds is 3. The van der Waals surface area contributed by atoms with Crippen molar-refractivity contribution >= 4 is 22.5 Å². The SMILES string of the molecule is COc1ccc(C2(c3ccc(N)cc3)C=Cc3c4c(c5ccccc5c3O2)CCc2ccccc2-4)cc1. The van der Waals surface area contributed by atoms with Gasteiger partial charge in [0.2, 0.25) is 0 Å². The van der Waals surface area contributed by atoms with E-state index in [1.165, 1.54) is 27.6 Å². The highest BCUT2D eigenvalue weighted by molar-refractivity contribution is 6.03. The summed E-state index contributed by atoms with van der Waals surface area (Å²) >= 11 is 0. The summed E-state index contributed by atoms with van der Waals surface area (Å²) in [4.78, 5) is 0. The van der Waals surface area contributed by atoms with Crippen LogP contribution in [0.1, 0.15) is 27.8 Å². The topological polar surface area (TPSA) is 44.5 Å². The number of nitrogens with two attached hydrogens (primary N) is 1. The third-order valence-electron chi connectivity index (χ3n) is 7.85. The molecule has 1 unspecified atom stereocenters. The number of methoxy groups -OCH3 is 1. The molecule has 0 amide bonds. The van der Waals surface area contributed by atoms with Crippen LogP contribution in [0.25, 0.3) is 28.0 Å². The summed E-state index contributed by atoms with van der Waals surface area (Å²) in [5.74, 6) is 1.73. The van der Waals surface area contributed by atoms with E-state index in [9.17, 15) is 0 Å². The second-order valence-corrected chi connectivity index (χ2v) is 9.82. The second-order valence-electron chi connectivity index (χ2n) is 9.82. The summed E-state index contributed by atoms with van der Waals surface area (Å²) in [7, 11) is 1.69. The molecule has 0 aromatic heterocycles. The molecule has 1 atom stereocenters. The molecular formula is C34H27NO2. The van der Waals surface area contributed by atoms with Gasteiger partial charge in [0.15, 0.2) is 5.60 Å². The molecular weight excluding hydrogens is 454 g/mol. The summed E-state index contributed by atoms with van der Waals surface area (Å²) in [6.07, 6.45) is 6.55. The van der Waals surface area contributed by atoms with E-state index in [1.807, 2.05) is 24.3 Å². The summed E-state index contributed by atoms with van der Waals surface area (Å²) in [5.41, 5.74) is 14.6. The van der Waals surface area contributed by atoms with Crippen molar-refractivity contribution in [2.45, 2.75) is 18.4 Å². The van der Waals surface area contributed by atoms with Crippen LogP contribution in [-0.2, 0) is 18.4 Å². The summed E-state index contributed by atoms with van der Waals surface area (Å²) < 4.78 is 12.7. The van der Waals surface area contributed by atoms with Crippen molar-refractivity contribution in [2.24, 2.45) is 0 Å². The van der Waals surface area contributed by atoms with Crippen LogP contribution in [0.5, 0.6) is 11.5 Å². The molecule has 5 aromatic carbocycles. The fourth-order valence-electron chi connectivity index (χ4n) is 6.02. The van der Waals surface area contributed by atoms with Gasteiger partial charge < -0.3 is 15.2 Å². The number of hydrogen-bond donors (Lipinski definition) is 1. The smallest absolute Gasteiger partial charge is 0.178 e. The number of anilines is 1. The van der Waals surface area contributed by atoms with Gasteiger partial charge in [-0.15, -0.1) is 0 Å². The number of fused-ring (bicyclic) bond motifs is 8. The lowest BCUT2D eigenvalue weighted by molar-refractivity contribution is 0.163. The zero-order valence-corrected chi connectivity index (χ0v) is 20.7. The molecule has 5 aromatic rings. The van der Waals surface area contributed by atoms with E-state index in [0.717, 1.165) is 52.1 Å². The molecule has 0 saturated heterocycles. The van der Waals surface area contributed by atoms with Gasteiger partial charge in [0.1, 0.15) is 11.5 Å². The Labute approximate surface area is 216 Å². The highest BCUT2D eigenvalue weighted by Gasteiger charge is 2.39. The molecule has 3 heteroatoms. The number of ether oxygens (including phenoxy) is 2. The fraction of sp³-hybridized carbons (Fsp3) is 0.118. The first-order chi connectivity index (χ1) is 18.2. The highest BCUT2D eigenvalue weighted by Crippen LogP contribution is 2.51. The molecule has 37 heavy (non-hydrogen) atoms. The monoisotopic (exact) mass is 481 g/mol. The highest BCUT2D eigenvalue weighted by atomic mass is 16.5. The minimum Gasteiger partial charge on any atom is -0.497 e. The largest absolute Gasteiger partial charge is 0.497 e. The summed E-state index contributed by atoms with van der Waals surface area (Å²) in [5, 5.41) is 2.41. The average Bonchev–Trinajstić information content (AvgIpc) is 2.97. The molecule has 3 nitrogen and oxygen atoms in total. The molecule has 0 radical (unpaired) electrons. The Hall–Kier alpha value is -4.50. The standard InChI is InChI=1S/C34H27NO2/c1-36-26-17-13-24(14-18-26)34(23-11-15-25(35)16-12-23)21-20-31-32-27-7-3-2-6-22(27)10-19-29(32)28-8-4-5-9-30(28)33(31)37-34/h2-9,11-18,20-21H,10,19,35H2,1H3. The average molecular weight is 482 g/mol. The van der Waals surface area contributed by atoms with E-state index in [0.29, 0.717) is 0 Å². The van der Waals surface area contributed by atoms with Gasteiger partial charge in [0.25, 0.3) is 0 Å². The number of benzene rings is 5. The zero-order chi connectivity index (χ0) is 25.0. The van der Waals surface area contributed by atoms with E-state index in [4.69, 9.17) is 15.2 Å². The van der Waals surface area contributed by atoms with Crippen LogP contribution in [0, 0.1) is 0 Å². The van der Waals surface area contributed by atoms with Crippen molar-refractivity contribution in [3.05, 3.63) is 131 Å². The van der Waals surface area contributed by atoms with Crippen molar-refractivity contribution in [3.63, 3.8) is 0 Å². The molecule has 0 bridgehead atoms. The fourth-order valence-corrected chi connectivity index (χ4v) is 6.02. The first-order valence-corrected chi connectivity index (χ1v) is 12.7. The Kier molecular flexibility index (Phi) is 4.87. The van der Waals surface area contributed by atoms with Crippen LogP contribution >= 0.6 is 0 Å². The van der Waals surface area contributed by atoms with Crippen LogP contribution in [0.3, 0.4) is 0 Å². The van der Waals surface area contributed by atoms with Crippen LogP contribution in [0.4, 0.5) is 5.69 Å². The predicted molar refractivity (Wildman–Crippen MR) is 151 cm³/mol. The molecule has 1 aliphatic carbocycles. The summed E-state index contributed by atoms with van der Waals surface area (Å²) in [6, 6.07) is 33.6. The van der Waals surface area contributed by atoms with Crippen molar-refractivity contribution in [1.29, 1.82) is 0 Å². The van der Waals surface area contributed by atoms with Crippen LogP contribution in [-0.4, -0.2) is 7.11 Å². The predicted octanol–water partition coefficient (Wildman–Crippen LogP) is 7.55.